The normalized spacial score (nSPS) is 25.8. The Morgan fingerprint density at radius 3 is 3.00 bits per heavy atom. The van der Waals surface area contributed by atoms with Gasteiger partial charge in [-0.05, 0) is 41.8 Å². The van der Waals surface area contributed by atoms with E-state index in [-0.39, 0.29) is 12.0 Å². The molecule has 2 atom stereocenters. The number of aromatic nitrogens is 1. The minimum absolute atomic E-state index is 0.113. The number of fused-ring (bicyclic) bond motifs is 6. The quantitative estimate of drug-likeness (QED) is 0.446. The third-order valence-electron chi connectivity index (χ3n) is 6.51. The van der Waals surface area contributed by atoms with Crippen molar-refractivity contribution < 1.29 is 14.7 Å². The number of benzene rings is 2. The van der Waals surface area contributed by atoms with E-state index in [4.69, 9.17) is 9.88 Å². The van der Waals surface area contributed by atoms with Crippen LogP contribution in [0.2, 0.25) is 0 Å². The Morgan fingerprint density at radius 1 is 1.20 bits per heavy atom. The van der Waals surface area contributed by atoms with Crippen molar-refractivity contribution in [1.82, 2.24) is 10.3 Å². The highest BCUT2D eigenvalue weighted by Gasteiger charge is 2.55. The van der Waals surface area contributed by atoms with Gasteiger partial charge in [-0.1, -0.05) is 18.2 Å². The van der Waals surface area contributed by atoms with Gasteiger partial charge in [0.25, 0.3) is 0 Å². The summed E-state index contributed by atoms with van der Waals surface area (Å²) in [6.45, 7) is 3.71. The van der Waals surface area contributed by atoms with Gasteiger partial charge in [0.1, 0.15) is 16.5 Å². The first-order valence-corrected chi connectivity index (χ1v) is 10.9. The largest absolute Gasteiger partial charge is 0.311 e. The molecule has 0 saturated carbocycles. The summed E-state index contributed by atoms with van der Waals surface area (Å²) in [4.78, 5) is 32.8. The second-order valence-corrected chi connectivity index (χ2v) is 9.33. The van der Waals surface area contributed by atoms with Crippen LogP contribution in [0.25, 0.3) is 0 Å². The van der Waals surface area contributed by atoms with Gasteiger partial charge in [0, 0.05) is 29.9 Å². The molecule has 1 spiro atoms. The Hall–Kier alpha value is -2.78. The summed E-state index contributed by atoms with van der Waals surface area (Å²) in [6.07, 6.45) is 1.53. The van der Waals surface area contributed by atoms with Gasteiger partial charge >= 0.3 is 0 Å². The molecule has 150 valence electrons. The SMILES string of the molecule is CC1OON2c3cc4c(cc32)C2(CNC4)C(=O)N(Cc3cnc1s3)c1ccccc12. The van der Waals surface area contributed by atoms with E-state index >= 15 is 0 Å². The fourth-order valence-electron chi connectivity index (χ4n) is 5.02. The number of anilines is 3. The predicted octanol–water partition coefficient (Wildman–Crippen LogP) is 3.47. The minimum Gasteiger partial charge on any atom is -0.311 e. The number of nitrogens with zero attached hydrogens (tertiary/aromatic N) is 3. The molecule has 2 aromatic carbocycles. The van der Waals surface area contributed by atoms with Crippen molar-refractivity contribution in [3.63, 3.8) is 0 Å². The Kier molecular flexibility index (Phi) is 3.21. The van der Waals surface area contributed by atoms with E-state index in [2.05, 4.69) is 28.5 Å². The molecule has 1 N–H and O–H groups in total. The van der Waals surface area contributed by atoms with Crippen LogP contribution in [0.4, 0.5) is 17.1 Å². The molecule has 4 aliphatic rings. The summed E-state index contributed by atoms with van der Waals surface area (Å²) < 4.78 is 0. The maximum atomic E-state index is 14.1. The van der Waals surface area contributed by atoms with Crippen LogP contribution < -0.4 is 15.3 Å². The molecular formula is C22H18N4O3S. The van der Waals surface area contributed by atoms with Gasteiger partial charge in [0.15, 0.2) is 0 Å². The molecule has 6 bridgehead atoms. The van der Waals surface area contributed by atoms with Gasteiger partial charge in [-0.2, -0.15) is 5.06 Å². The average Bonchev–Trinajstić information content (AvgIpc) is 3.11. The second kappa shape index (κ2) is 5.67. The first-order chi connectivity index (χ1) is 14.7. The number of para-hydroxylation sites is 1. The Morgan fingerprint density at radius 2 is 2.07 bits per heavy atom. The average molecular weight is 418 g/mol. The number of thiazole rings is 1. The summed E-state index contributed by atoms with van der Waals surface area (Å²) in [5.74, 6) is 0.113. The van der Waals surface area contributed by atoms with Gasteiger partial charge in [0.2, 0.25) is 5.91 Å². The summed E-state index contributed by atoms with van der Waals surface area (Å²) in [7, 11) is 0. The van der Waals surface area contributed by atoms with Crippen molar-refractivity contribution in [2.45, 2.75) is 31.5 Å². The summed E-state index contributed by atoms with van der Waals surface area (Å²) in [5, 5.41) is 6.00. The molecule has 1 aromatic heterocycles. The fraction of sp³-hybridized carbons (Fsp3) is 0.273. The van der Waals surface area contributed by atoms with Crippen molar-refractivity contribution in [1.29, 1.82) is 0 Å². The van der Waals surface area contributed by atoms with Crippen molar-refractivity contribution in [3.05, 3.63) is 69.2 Å². The third kappa shape index (κ3) is 2.04. The summed E-state index contributed by atoms with van der Waals surface area (Å²) >= 11 is 1.55. The molecule has 7 rings (SSSR count). The van der Waals surface area contributed by atoms with E-state index in [1.165, 1.54) is 0 Å². The highest BCUT2D eigenvalue weighted by atomic mass is 32.1. The first kappa shape index (κ1) is 17.0. The molecule has 0 radical (unpaired) electrons. The molecule has 3 aromatic rings. The predicted molar refractivity (Wildman–Crippen MR) is 111 cm³/mol. The zero-order valence-electron chi connectivity index (χ0n) is 16.2. The molecule has 4 aliphatic heterocycles. The summed E-state index contributed by atoms with van der Waals surface area (Å²) in [5.41, 5.74) is 5.40. The van der Waals surface area contributed by atoms with Crippen LogP contribution in [0.15, 0.2) is 42.6 Å². The Bertz CT molecular complexity index is 1240. The fourth-order valence-corrected chi connectivity index (χ4v) is 5.90. The van der Waals surface area contributed by atoms with E-state index < -0.39 is 5.41 Å². The number of hydrogen-bond donors (Lipinski definition) is 1. The zero-order valence-corrected chi connectivity index (χ0v) is 17.0. The van der Waals surface area contributed by atoms with E-state index in [0.717, 1.165) is 50.2 Å². The molecule has 0 fully saturated rings. The maximum absolute atomic E-state index is 14.1. The molecule has 0 aliphatic carbocycles. The van der Waals surface area contributed by atoms with Crippen LogP contribution in [-0.4, -0.2) is 17.4 Å². The molecule has 2 unspecified atom stereocenters. The number of amides is 1. The first-order valence-electron chi connectivity index (χ1n) is 10.0. The molecular weight excluding hydrogens is 400 g/mol. The molecule has 8 heteroatoms. The zero-order chi connectivity index (χ0) is 20.0. The lowest BCUT2D eigenvalue weighted by atomic mass is 9.71. The Labute approximate surface area is 176 Å². The van der Waals surface area contributed by atoms with Crippen LogP contribution in [-0.2, 0) is 33.2 Å². The molecule has 5 heterocycles. The molecule has 30 heavy (non-hydrogen) atoms. The number of rotatable bonds is 0. The third-order valence-corrected chi connectivity index (χ3v) is 7.66. The number of hydrogen-bond acceptors (Lipinski definition) is 7. The number of carbonyl (C=O) groups is 1. The highest BCUT2D eigenvalue weighted by Crippen LogP contribution is 2.56. The van der Waals surface area contributed by atoms with E-state index in [1.54, 1.807) is 16.4 Å². The Balaban J connectivity index is 1.48. The maximum Gasteiger partial charge on any atom is 0.243 e. The van der Waals surface area contributed by atoms with Gasteiger partial charge in [-0.15, -0.1) is 16.3 Å². The minimum atomic E-state index is -0.737. The number of carbonyl (C=O) groups excluding carboxylic acids is 1. The van der Waals surface area contributed by atoms with E-state index in [0.29, 0.717) is 13.1 Å². The van der Waals surface area contributed by atoms with E-state index in [1.807, 2.05) is 36.2 Å². The molecule has 0 saturated heterocycles. The van der Waals surface area contributed by atoms with Gasteiger partial charge < -0.3 is 10.2 Å². The van der Waals surface area contributed by atoms with Crippen LogP contribution in [0.3, 0.4) is 0 Å². The summed E-state index contributed by atoms with van der Waals surface area (Å²) in [6, 6.07) is 12.4. The molecule has 1 amide bonds. The highest BCUT2D eigenvalue weighted by molar-refractivity contribution is 7.11. The van der Waals surface area contributed by atoms with Crippen LogP contribution >= 0.6 is 11.3 Å². The molecule has 7 nitrogen and oxygen atoms in total. The second-order valence-electron chi connectivity index (χ2n) is 8.19. The van der Waals surface area contributed by atoms with E-state index in [9.17, 15) is 4.79 Å². The smallest absolute Gasteiger partial charge is 0.243 e. The lowest BCUT2D eigenvalue weighted by Crippen LogP contribution is -2.50. The monoisotopic (exact) mass is 418 g/mol. The van der Waals surface area contributed by atoms with Crippen molar-refractivity contribution in [3.8, 4) is 0 Å². The van der Waals surface area contributed by atoms with Gasteiger partial charge in [-0.25, -0.2) is 9.87 Å². The van der Waals surface area contributed by atoms with Crippen LogP contribution in [0, 0.1) is 0 Å². The number of nitrogens with one attached hydrogen (secondary N) is 1. The van der Waals surface area contributed by atoms with Gasteiger partial charge in [0.05, 0.1) is 17.9 Å². The lowest BCUT2D eigenvalue weighted by Gasteiger charge is -2.35. The van der Waals surface area contributed by atoms with Crippen LogP contribution in [0.5, 0.6) is 0 Å². The van der Waals surface area contributed by atoms with Crippen LogP contribution in [0.1, 0.15) is 39.6 Å². The lowest BCUT2D eigenvalue weighted by molar-refractivity contribution is -0.319. The standard InChI is InChI=1S/C22H18N4O3S/c1-12-20-24-9-14(30-20)10-25-17-5-3-2-4-15(17)22(21(25)27)11-23-8-13-6-18-19(7-16(13)22)26(18)29-28-12/h2-7,9,12,23H,8,10-11H2,1H3. The van der Waals surface area contributed by atoms with Gasteiger partial charge in [-0.3, -0.25) is 4.79 Å². The topological polar surface area (TPSA) is 66.7 Å². The van der Waals surface area contributed by atoms with Crippen molar-refractivity contribution in [2.24, 2.45) is 0 Å². The van der Waals surface area contributed by atoms with Crippen molar-refractivity contribution in [2.75, 3.05) is 16.5 Å². The van der Waals surface area contributed by atoms with Crippen molar-refractivity contribution >= 4 is 34.3 Å².